The van der Waals surface area contributed by atoms with E-state index in [-0.39, 0.29) is 11.9 Å². The standard InChI is InChI=1S/C19H20ClNO2/c1-13(23-16-9-5-8-15(20)12-16)19(22)21-18-11-4-7-14-6-2-3-10-17(14)18/h2-3,5-6,8-10,12-13,18H,4,7,11H2,1H3,(H,21,22)/t13-,18-/m0/s1. The van der Waals surface area contributed by atoms with Gasteiger partial charge in [-0.05, 0) is 55.5 Å². The van der Waals surface area contributed by atoms with Crippen LogP contribution < -0.4 is 10.1 Å². The summed E-state index contributed by atoms with van der Waals surface area (Å²) in [6.07, 6.45) is 2.57. The summed E-state index contributed by atoms with van der Waals surface area (Å²) < 4.78 is 5.69. The molecule has 0 unspecified atom stereocenters. The smallest absolute Gasteiger partial charge is 0.261 e. The van der Waals surface area contributed by atoms with E-state index in [1.165, 1.54) is 11.1 Å². The predicted octanol–water partition coefficient (Wildman–Crippen LogP) is 4.30. The zero-order valence-electron chi connectivity index (χ0n) is 13.1. The molecule has 4 heteroatoms. The van der Waals surface area contributed by atoms with Crippen LogP contribution in [0.3, 0.4) is 0 Å². The summed E-state index contributed by atoms with van der Waals surface area (Å²) in [5.41, 5.74) is 2.55. The molecule has 2 atom stereocenters. The lowest BCUT2D eigenvalue weighted by molar-refractivity contribution is -0.128. The van der Waals surface area contributed by atoms with Crippen LogP contribution in [0.5, 0.6) is 5.75 Å². The van der Waals surface area contributed by atoms with Crippen molar-refractivity contribution in [3.63, 3.8) is 0 Å². The highest BCUT2D eigenvalue weighted by molar-refractivity contribution is 6.30. The van der Waals surface area contributed by atoms with Gasteiger partial charge < -0.3 is 10.1 Å². The third kappa shape index (κ3) is 3.85. The molecule has 2 aromatic rings. The van der Waals surface area contributed by atoms with E-state index in [1.54, 1.807) is 31.2 Å². The number of hydrogen-bond acceptors (Lipinski definition) is 2. The minimum atomic E-state index is -0.567. The highest BCUT2D eigenvalue weighted by Gasteiger charge is 2.24. The first-order chi connectivity index (χ1) is 11.1. The molecule has 0 bridgehead atoms. The third-order valence-corrected chi connectivity index (χ3v) is 4.40. The molecule has 2 aromatic carbocycles. The zero-order valence-corrected chi connectivity index (χ0v) is 13.8. The van der Waals surface area contributed by atoms with Gasteiger partial charge in [0.1, 0.15) is 5.75 Å². The molecule has 1 amide bonds. The van der Waals surface area contributed by atoms with Crippen molar-refractivity contribution in [2.24, 2.45) is 0 Å². The first kappa shape index (κ1) is 15.9. The second kappa shape index (κ2) is 7.05. The number of nitrogens with one attached hydrogen (secondary N) is 1. The van der Waals surface area contributed by atoms with E-state index >= 15 is 0 Å². The molecular formula is C19H20ClNO2. The maximum Gasteiger partial charge on any atom is 0.261 e. The van der Waals surface area contributed by atoms with E-state index in [1.807, 2.05) is 12.1 Å². The van der Waals surface area contributed by atoms with Gasteiger partial charge in [-0.3, -0.25) is 4.79 Å². The number of halogens is 1. The van der Waals surface area contributed by atoms with Crippen LogP contribution in [-0.2, 0) is 11.2 Å². The highest BCUT2D eigenvalue weighted by atomic mass is 35.5. The zero-order chi connectivity index (χ0) is 16.2. The Labute approximate surface area is 141 Å². The Morgan fingerprint density at radius 1 is 1.26 bits per heavy atom. The van der Waals surface area contributed by atoms with Gasteiger partial charge in [-0.2, -0.15) is 0 Å². The number of carbonyl (C=O) groups is 1. The average Bonchev–Trinajstić information content (AvgIpc) is 2.55. The topological polar surface area (TPSA) is 38.3 Å². The van der Waals surface area contributed by atoms with E-state index in [4.69, 9.17) is 16.3 Å². The van der Waals surface area contributed by atoms with E-state index in [9.17, 15) is 4.79 Å². The van der Waals surface area contributed by atoms with E-state index in [0.29, 0.717) is 10.8 Å². The number of fused-ring (bicyclic) bond motifs is 1. The molecule has 23 heavy (non-hydrogen) atoms. The first-order valence-electron chi connectivity index (χ1n) is 7.94. The minimum absolute atomic E-state index is 0.0675. The molecule has 0 saturated carbocycles. The second-order valence-corrected chi connectivity index (χ2v) is 6.31. The van der Waals surface area contributed by atoms with Crippen LogP contribution in [-0.4, -0.2) is 12.0 Å². The summed E-state index contributed by atoms with van der Waals surface area (Å²) in [6.45, 7) is 1.75. The molecule has 0 spiro atoms. The van der Waals surface area contributed by atoms with Gasteiger partial charge in [-0.15, -0.1) is 0 Å². The summed E-state index contributed by atoms with van der Waals surface area (Å²) in [5.74, 6) is 0.496. The third-order valence-electron chi connectivity index (χ3n) is 4.16. The largest absolute Gasteiger partial charge is 0.481 e. The molecule has 0 aromatic heterocycles. The van der Waals surface area contributed by atoms with Gasteiger partial charge in [-0.1, -0.05) is 41.9 Å². The van der Waals surface area contributed by atoms with Crippen LogP contribution in [0.25, 0.3) is 0 Å². The Kier molecular flexibility index (Phi) is 4.87. The van der Waals surface area contributed by atoms with E-state index < -0.39 is 6.10 Å². The molecule has 0 saturated heterocycles. The van der Waals surface area contributed by atoms with Gasteiger partial charge in [-0.25, -0.2) is 0 Å². The fourth-order valence-corrected chi connectivity index (χ4v) is 3.17. The molecular weight excluding hydrogens is 310 g/mol. The lowest BCUT2D eigenvalue weighted by Crippen LogP contribution is -2.39. The molecule has 1 N–H and O–H groups in total. The summed E-state index contributed by atoms with van der Waals surface area (Å²) in [4.78, 5) is 12.4. The summed E-state index contributed by atoms with van der Waals surface area (Å²) >= 11 is 5.94. The van der Waals surface area contributed by atoms with E-state index in [2.05, 4.69) is 17.4 Å². The summed E-state index contributed by atoms with van der Waals surface area (Å²) in [6, 6.07) is 15.5. The Balaban J connectivity index is 1.65. The van der Waals surface area contributed by atoms with E-state index in [0.717, 1.165) is 19.3 Å². The lowest BCUT2D eigenvalue weighted by Gasteiger charge is -2.27. The minimum Gasteiger partial charge on any atom is -0.481 e. The number of rotatable bonds is 4. The van der Waals surface area contributed by atoms with Crippen LogP contribution >= 0.6 is 11.6 Å². The Bertz CT molecular complexity index is 701. The average molecular weight is 330 g/mol. The molecule has 0 fully saturated rings. The second-order valence-electron chi connectivity index (χ2n) is 5.87. The Hall–Kier alpha value is -2.00. The van der Waals surface area contributed by atoms with Crippen LogP contribution in [0.15, 0.2) is 48.5 Å². The van der Waals surface area contributed by atoms with Gasteiger partial charge in [0.05, 0.1) is 6.04 Å². The van der Waals surface area contributed by atoms with Crippen LogP contribution in [0.4, 0.5) is 0 Å². The van der Waals surface area contributed by atoms with Crippen LogP contribution in [0.2, 0.25) is 5.02 Å². The number of carbonyl (C=O) groups excluding carboxylic acids is 1. The van der Waals surface area contributed by atoms with Crippen molar-refractivity contribution >= 4 is 17.5 Å². The predicted molar refractivity (Wildman–Crippen MR) is 91.8 cm³/mol. The molecule has 0 radical (unpaired) electrons. The normalized spacial score (nSPS) is 17.9. The summed E-state index contributed by atoms with van der Waals surface area (Å²) in [5, 5.41) is 3.71. The molecule has 120 valence electrons. The van der Waals surface area contributed by atoms with Crippen molar-refractivity contribution in [2.75, 3.05) is 0 Å². The molecule has 1 aliphatic carbocycles. The number of benzene rings is 2. The number of ether oxygens (including phenoxy) is 1. The lowest BCUT2D eigenvalue weighted by atomic mass is 9.87. The number of hydrogen-bond donors (Lipinski definition) is 1. The number of aryl methyl sites for hydroxylation is 1. The van der Waals surface area contributed by atoms with Gasteiger partial charge >= 0.3 is 0 Å². The maximum atomic E-state index is 12.4. The van der Waals surface area contributed by atoms with Crippen molar-refractivity contribution < 1.29 is 9.53 Å². The molecule has 1 aliphatic rings. The Morgan fingerprint density at radius 2 is 2.09 bits per heavy atom. The Morgan fingerprint density at radius 3 is 2.91 bits per heavy atom. The molecule has 3 nitrogen and oxygen atoms in total. The maximum absolute atomic E-state index is 12.4. The van der Waals surface area contributed by atoms with Crippen molar-refractivity contribution in [1.29, 1.82) is 0 Å². The summed E-state index contributed by atoms with van der Waals surface area (Å²) in [7, 11) is 0. The van der Waals surface area contributed by atoms with Crippen molar-refractivity contribution in [1.82, 2.24) is 5.32 Å². The van der Waals surface area contributed by atoms with Gasteiger partial charge in [0.2, 0.25) is 0 Å². The molecule has 3 rings (SSSR count). The van der Waals surface area contributed by atoms with Crippen LogP contribution in [0.1, 0.15) is 36.9 Å². The highest BCUT2D eigenvalue weighted by Crippen LogP contribution is 2.29. The van der Waals surface area contributed by atoms with Crippen molar-refractivity contribution in [3.8, 4) is 5.75 Å². The van der Waals surface area contributed by atoms with Gasteiger partial charge in [0, 0.05) is 5.02 Å². The monoisotopic (exact) mass is 329 g/mol. The van der Waals surface area contributed by atoms with Crippen molar-refractivity contribution in [3.05, 3.63) is 64.7 Å². The first-order valence-corrected chi connectivity index (χ1v) is 8.31. The van der Waals surface area contributed by atoms with Crippen molar-refractivity contribution in [2.45, 2.75) is 38.3 Å². The quantitative estimate of drug-likeness (QED) is 0.908. The molecule has 0 heterocycles. The SMILES string of the molecule is C[C@H](Oc1cccc(Cl)c1)C(=O)N[C@H]1CCCc2ccccc21. The number of amides is 1. The van der Waals surface area contributed by atoms with Gasteiger partial charge in [0.15, 0.2) is 6.10 Å². The fourth-order valence-electron chi connectivity index (χ4n) is 2.99. The van der Waals surface area contributed by atoms with Crippen LogP contribution in [0, 0.1) is 0 Å². The molecule has 0 aliphatic heterocycles. The fraction of sp³-hybridized carbons (Fsp3) is 0.316. The van der Waals surface area contributed by atoms with Gasteiger partial charge in [0.25, 0.3) is 5.91 Å².